The Morgan fingerprint density at radius 1 is 1.31 bits per heavy atom. The molecule has 1 aromatic carbocycles. The highest BCUT2D eigenvalue weighted by Crippen LogP contribution is 2.35. The zero-order chi connectivity index (χ0) is 17.9. The second kappa shape index (κ2) is 7.55. The van der Waals surface area contributed by atoms with Gasteiger partial charge in [0.05, 0.1) is 18.7 Å². The smallest absolute Gasteiger partial charge is 0.243 e. The van der Waals surface area contributed by atoms with E-state index in [0.717, 1.165) is 41.7 Å². The molecular formula is C19H22N4O2S. The minimum Gasteiger partial charge on any atom is -0.496 e. The van der Waals surface area contributed by atoms with Crippen LogP contribution in [0.3, 0.4) is 0 Å². The van der Waals surface area contributed by atoms with E-state index >= 15 is 0 Å². The fraction of sp³-hybridized carbons (Fsp3) is 0.421. The topological polar surface area (TPSA) is 64.3 Å². The minimum absolute atomic E-state index is 0.196. The van der Waals surface area contributed by atoms with Gasteiger partial charge in [-0.15, -0.1) is 11.3 Å². The number of aromatic nitrogens is 3. The molecule has 2 aromatic heterocycles. The summed E-state index contributed by atoms with van der Waals surface area (Å²) in [5.41, 5.74) is 1.04. The van der Waals surface area contributed by atoms with E-state index in [0.29, 0.717) is 5.82 Å². The number of hydrogen-bond donors (Lipinski definition) is 0. The van der Waals surface area contributed by atoms with Crippen molar-refractivity contribution < 1.29 is 9.26 Å². The highest BCUT2D eigenvalue weighted by molar-refractivity contribution is 7.15. The first kappa shape index (κ1) is 17.2. The molecule has 0 saturated carbocycles. The van der Waals surface area contributed by atoms with Gasteiger partial charge in [-0.05, 0) is 38.4 Å². The molecule has 1 atom stereocenters. The number of hydrogen-bond acceptors (Lipinski definition) is 7. The number of benzene rings is 1. The number of para-hydroxylation sites is 1. The van der Waals surface area contributed by atoms with Crippen LogP contribution in [0.2, 0.25) is 0 Å². The average Bonchev–Trinajstić information content (AvgIpc) is 3.31. The van der Waals surface area contributed by atoms with Crippen molar-refractivity contribution in [2.24, 2.45) is 0 Å². The molecule has 1 aliphatic rings. The van der Waals surface area contributed by atoms with Crippen LogP contribution in [0.25, 0.3) is 10.6 Å². The third-order valence-electron chi connectivity index (χ3n) is 4.69. The standard InChI is InChI=1S/C19H22N4O2S/c1-13-21-18(25-22-13)16-8-5-6-10-23(16)12-14-11-20-19(26-14)15-7-3-4-9-17(15)24-2/h3-4,7,9,11,16H,5-6,8,10,12H2,1-2H3/t16-/m0/s1. The maximum Gasteiger partial charge on any atom is 0.243 e. The molecule has 136 valence electrons. The third-order valence-corrected chi connectivity index (χ3v) is 5.71. The normalized spacial score (nSPS) is 18.2. The molecule has 1 fully saturated rings. The molecule has 1 aliphatic heterocycles. The highest BCUT2D eigenvalue weighted by atomic mass is 32.1. The summed E-state index contributed by atoms with van der Waals surface area (Å²) in [5.74, 6) is 2.28. The van der Waals surface area contributed by atoms with Crippen molar-refractivity contribution >= 4 is 11.3 Å². The zero-order valence-corrected chi connectivity index (χ0v) is 15.8. The summed E-state index contributed by atoms with van der Waals surface area (Å²) in [6.45, 7) is 3.75. The van der Waals surface area contributed by atoms with Crippen molar-refractivity contribution in [3.63, 3.8) is 0 Å². The first-order valence-corrected chi connectivity index (χ1v) is 9.68. The van der Waals surface area contributed by atoms with Crippen molar-refractivity contribution in [1.29, 1.82) is 0 Å². The molecule has 0 amide bonds. The van der Waals surface area contributed by atoms with E-state index in [1.807, 2.05) is 37.4 Å². The monoisotopic (exact) mass is 370 g/mol. The zero-order valence-electron chi connectivity index (χ0n) is 15.0. The Morgan fingerprint density at radius 3 is 3.00 bits per heavy atom. The molecule has 0 bridgehead atoms. The van der Waals surface area contributed by atoms with Crippen molar-refractivity contribution in [3.8, 4) is 16.3 Å². The average molecular weight is 370 g/mol. The van der Waals surface area contributed by atoms with Gasteiger partial charge in [0.25, 0.3) is 0 Å². The van der Waals surface area contributed by atoms with Gasteiger partial charge in [0.2, 0.25) is 5.89 Å². The predicted octanol–water partition coefficient (Wildman–Crippen LogP) is 4.24. The summed E-state index contributed by atoms with van der Waals surface area (Å²) in [5, 5.41) is 4.95. The van der Waals surface area contributed by atoms with Crippen LogP contribution in [0.15, 0.2) is 35.0 Å². The SMILES string of the molecule is COc1ccccc1-c1ncc(CN2CCCC[C@H]2c2nc(C)no2)s1. The molecule has 6 nitrogen and oxygen atoms in total. The number of likely N-dealkylation sites (tertiary alicyclic amines) is 1. The summed E-state index contributed by atoms with van der Waals surface area (Å²) in [4.78, 5) is 12.7. The van der Waals surface area contributed by atoms with Gasteiger partial charge in [0.15, 0.2) is 5.82 Å². The Kier molecular flexibility index (Phi) is 4.99. The lowest BCUT2D eigenvalue weighted by atomic mass is 10.0. The molecule has 4 rings (SSSR count). The van der Waals surface area contributed by atoms with Gasteiger partial charge in [0.1, 0.15) is 10.8 Å². The Balaban J connectivity index is 1.54. The van der Waals surface area contributed by atoms with Crippen molar-refractivity contribution in [2.75, 3.05) is 13.7 Å². The van der Waals surface area contributed by atoms with Crippen molar-refractivity contribution in [2.45, 2.75) is 38.8 Å². The van der Waals surface area contributed by atoms with E-state index in [2.05, 4.69) is 20.0 Å². The molecular weight excluding hydrogens is 348 g/mol. The first-order valence-electron chi connectivity index (χ1n) is 8.87. The fourth-order valence-corrected chi connectivity index (χ4v) is 4.40. The van der Waals surface area contributed by atoms with Gasteiger partial charge in [-0.3, -0.25) is 4.90 Å². The van der Waals surface area contributed by atoms with Gasteiger partial charge in [-0.1, -0.05) is 23.7 Å². The number of ether oxygens (including phenoxy) is 1. The number of piperidine rings is 1. The molecule has 0 unspecified atom stereocenters. The van der Waals surface area contributed by atoms with Gasteiger partial charge >= 0.3 is 0 Å². The highest BCUT2D eigenvalue weighted by Gasteiger charge is 2.29. The lowest BCUT2D eigenvalue weighted by molar-refractivity contribution is 0.112. The number of aryl methyl sites for hydroxylation is 1. The van der Waals surface area contributed by atoms with Crippen LogP contribution in [0.5, 0.6) is 5.75 Å². The first-order chi connectivity index (χ1) is 12.7. The molecule has 3 heterocycles. The summed E-state index contributed by atoms with van der Waals surface area (Å²) in [7, 11) is 1.69. The Labute approximate surface area is 156 Å². The maximum atomic E-state index is 5.46. The van der Waals surface area contributed by atoms with Gasteiger partial charge in [0, 0.05) is 17.6 Å². The van der Waals surface area contributed by atoms with E-state index in [4.69, 9.17) is 9.26 Å². The lowest BCUT2D eigenvalue weighted by Gasteiger charge is -2.32. The van der Waals surface area contributed by atoms with Crippen molar-refractivity contribution in [3.05, 3.63) is 47.1 Å². The second-order valence-electron chi connectivity index (χ2n) is 6.49. The Bertz CT molecular complexity index is 876. The number of thiazole rings is 1. The summed E-state index contributed by atoms with van der Waals surface area (Å²) < 4.78 is 10.9. The molecule has 1 saturated heterocycles. The van der Waals surface area contributed by atoms with Gasteiger partial charge < -0.3 is 9.26 Å². The van der Waals surface area contributed by atoms with E-state index < -0.39 is 0 Å². The van der Waals surface area contributed by atoms with E-state index in [1.165, 1.54) is 17.7 Å². The molecule has 0 aliphatic carbocycles. The van der Waals surface area contributed by atoms with Crippen LogP contribution < -0.4 is 4.74 Å². The number of methoxy groups -OCH3 is 1. The summed E-state index contributed by atoms with van der Waals surface area (Å²) in [6, 6.07) is 8.20. The van der Waals surface area contributed by atoms with E-state index in [1.54, 1.807) is 18.4 Å². The fourth-order valence-electron chi connectivity index (χ4n) is 3.43. The summed E-state index contributed by atoms with van der Waals surface area (Å²) in [6.07, 6.45) is 5.41. The van der Waals surface area contributed by atoms with Crippen LogP contribution >= 0.6 is 11.3 Å². The van der Waals surface area contributed by atoms with Crippen LogP contribution in [-0.4, -0.2) is 33.7 Å². The molecule has 0 N–H and O–H groups in total. The quantitative estimate of drug-likeness (QED) is 0.669. The second-order valence-corrected chi connectivity index (χ2v) is 7.61. The van der Waals surface area contributed by atoms with Gasteiger partial charge in [-0.25, -0.2) is 4.98 Å². The van der Waals surface area contributed by atoms with E-state index in [9.17, 15) is 0 Å². The lowest BCUT2D eigenvalue weighted by Crippen LogP contribution is -2.32. The molecule has 0 radical (unpaired) electrons. The van der Waals surface area contributed by atoms with Gasteiger partial charge in [-0.2, -0.15) is 4.98 Å². The maximum absolute atomic E-state index is 5.46. The van der Waals surface area contributed by atoms with Crippen LogP contribution in [0.1, 0.15) is 41.9 Å². The largest absolute Gasteiger partial charge is 0.496 e. The van der Waals surface area contributed by atoms with Crippen LogP contribution in [-0.2, 0) is 6.54 Å². The van der Waals surface area contributed by atoms with Crippen LogP contribution in [0.4, 0.5) is 0 Å². The number of rotatable bonds is 5. The number of nitrogens with zero attached hydrogens (tertiary/aromatic N) is 4. The molecule has 7 heteroatoms. The Hall–Kier alpha value is -2.25. The molecule has 3 aromatic rings. The van der Waals surface area contributed by atoms with Crippen molar-refractivity contribution in [1.82, 2.24) is 20.0 Å². The predicted molar refractivity (Wildman–Crippen MR) is 100 cm³/mol. The minimum atomic E-state index is 0.196. The summed E-state index contributed by atoms with van der Waals surface area (Å²) >= 11 is 1.71. The molecule has 0 spiro atoms. The third kappa shape index (κ3) is 3.50. The van der Waals surface area contributed by atoms with Crippen LogP contribution in [0, 0.1) is 6.92 Å². The Morgan fingerprint density at radius 2 is 2.19 bits per heavy atom. The molecule has 26 heavy (non-hydrogen) atoms. The van der Waals surface area contributed by atoms with E-state index in [-0.39, 0.29) is 6.04 Å².